The maximum absolute atomic E-state index is 12.5. The minimum Gasteiger partial charge on any atom is -0.324 e. The molecule has 0 radical (unpaired) electrons. The van der Waals surface area contributed by atoms with Crippen LogP contribution in [0.4, 0.5) is 5.69 Å². The third-order valence-electron chi connectivity index (χ3n) is 4.83. The van der Waals surface area contributed by atoms with E-state index in [1.807, 2.05) is 0 Å². The Morgan fingerprint density at radius 1 is 1.18 bits per heavy atom. The van der Waals surface area contributed by atoms with E-state index in [1.165, 1.54) is 30.4 Å². The van der Waals surface area contributed by atoms with E-state index in [1.54, 1.807) is 0 Å². The minimum atomic E-state index is 0.135. The molecule has 122 valence electrons. The number of carbonyl (C=O) groups is 1. The molecule has 1 aromatic carbocycles. The molecule has 1 unspecified atom stereocenters. The molecule has 1 amide bonds. The zero-order valence-corrected chi connectivity index (χ0v) is 14.3. The van der Waals surface area contributed by atoms with Crippen LogP contribution >= 0.6 is 0 Å². The molecule has 1 aliphatic rings. The Kier molecular flexibility index (Phi) is 6.44. The first-order chi connectivity index (χ1) is 10.7. The molecule has 1 aromatic rings. The Balaban J connectivity index is 2.05. The second kappa shape index (κ2) is 8.33. The lowest BCUT2D eigenvalue weighted by Crippen LogP contribution is -2.43. The summed E-state index contributed by atoms with van der Waals surface area (Å²) in [5.74, 6) is 0.135. The summed E-state index contributed by atoms with van der Waals surface area (Å²) in [5.41, 5.74) is 3.51. The van der Waals surface area contributed by atoms with Gasteiger partial charge < -0.3 is 5.32 Å². The Hall–Kier alpha value is -1.35. The van der Waals surface area contributed by atoms with E-state index < -0.39 is 0 Å². The molecule has 1 saturated heterocycles. The topological polar surface area (TPSA) is 32.3 Å². The lowest BCUT2D eigenvalue weighted by Gasteiger charge is -2.34. The van der Waals surface area contributed by atoms with E-state index in [0.29, 0.717) is 12.6 Å². The molecule has 0 bridgehead atoms. The van der Waals surface area contributed by atoms with Gasteiger partial charge in [-0.05, 0) is 49.8 Å². The quantitative estimate of drug-likeness (QED) is 0.861. The number of amides is 1. The highest BCUT2D eigenvalue weighted by Gasteiger charge is 2.23. The second-order valence-corrected chi connectivity index (χ2v) is 6.23. The first-order valence-corrected chi connectivity index (χ1v) is 8.84. The van der Waals surface area contributed by atoms with Crippen molar-refractivity contribution < 1.29 is 4.79 Å². The summed E-state index contributed by atoms with van der Waals surface area (Å²) in [6.45, 7) is 8.09. The van der Waals surface area contributed by atoms with Crippen LogP contribution in [0, 0.1) is 0 Å². The SMILES string of the molecule is CCc1cccc(CC)c1NC(=O)CN1CCCCC1CC. The van der Waals surface area contributed by atoms with Crippen molar-refractivity contribution in [3.63, 3.8) is 0 Å². The number of para-hydroxylation sites is 1. The molecule has 3 nitrogen and oxygen atoms in total. The first kappa shape index (κ1) is 17.0. The number of piperidine rings is 1. The smallest absolute Gasteiger partial charge is 0.238 e. The Labute approximate surface area is 135 Å². The zero-order chi connectivity index (χ0) is 15.9. The maximum Gasteiger partial charge on any atom is 0.238 e. The van der Waals surface area contributed by atoms with Gasteiger partial charge in [0, 0.05) is 11.7 Å². The van der Waals surface area contributed by atoms with Gasteiger partial charge >= 0.3 is 0 Å². The van der Waals surface area contributed by atoms with Gasteiger partial charge in [-0.25, -0.2) is 0 Å². The number of carbonyl (C=O) groups excluding carboxylic acids is 1. The first-order valence-electron chi connectivity index (χ1n) is 8.84. The van der Waals surface area contributed by atoms with Gasteiger partial charge in [0.25, 0.3) is 0 Å². The number of hydrogen-bond acceptors (Lipinski definition) is 2. The van der Waals surface area contributed by atoms with Crippen molar-refractivity contribution in [1.29, 1.82) is 0 Å². The van der Waals surface area contributed by atoms with Crippen LogP contribution < -0.4 is 5.32 Å². The molecule has 0 saturated carbocycles. The van der Waals surface area contributed by atoms with Crippen LogP contribution in [-0.4, -0.2) is 29.9 Å². The molecular formula is C19H30N2O. The van der Waals surface area contributed by atoms with Crippen LogP contribution in [0.3, 0.4) is 0 Å². The largest absolute Gasteiger partial charge is 0.324 e. The van der Waals surface area contributed by atoms with Gasteiger partial charge in [-0.1, -0.05) is 45.4 Å². The van der Waals surface area contributed by atoms with Crippen molar-refractivity contribution in [3.05, 3.63) is 29.3 Å². The average molecular weight is 302 g/mol. The van der Waals surface area contributed by atoms with Gasteiger partial charge in [0.2, 0.25) is 5.91 Å². The van der Waals surface area contributed by atoms with E-state index in [4.69, 9.17) is 0 Å². The second-order valence-electron chi connectivity index (χ2n) is 6.23. The molecule has 22 heavy (non-hydrogen) atoms. The fourth-order valence-corrected chi connectivity index (χ4v) is 3.50. The zero-order valence-electron chi connectivity index (χ0n) is 14.3. The van der Waals surface area contributed by atoms with Gasteiger partial charge in [-0.2, -0.15) is 0 Å². The summed E-state index contributed by atoms with van der Waals surface area (Å²) in [4.78, 5) is 14.9. The number of aryl methyl sites for hydroxylation is 2. The van der Waals surface area contributed by atoms with Crippen molar-refractivity contribution in [2.45, 2.75) is 65.3 Å². The lowest BCUT2D eigenvalue weighted by atomic mass is 10.00. The van der Waals surface area contributed by atoms with Crippen molar-refractivity contribution in [1.82, 2.24) is 4.90 Å². The number of benzene rings is 1. The highest BCUT2D eigenvalue weighted by atomic mass is 16.2. The van der Waals surface area contributed by atoms with Gasteiger partial charge in [0.05, 0.1) is 6.54 Å². The normalized spacial score (nSPS) is 19.1. The molecule has 1 atom stereocenters. The summed E-state index contributed by atoms with van der Waals surface area (Å²) in [6.07, 6.45) is 6.79. The number of nitrogens with one attached hydrogen (secondary N) is 1. The molecule has 0 spiro atoms. The van der Waals surface area contributed by atoms with Crippen LogP contribution in [0.5, 0.6) is 0 Å². The summed E-state index contributed by atoms with van der Waals surface area (Å²) in [5, 5.41) is 3.19. The van der Waals surface area contributed by atoms with Crippen molar-refractivity contribution in [2.24, 2.45) is 0 Å². The van der Waals surface area contributed by atoms with Crippen molar-refractivity contribution >= 4 is 11.6 Å². The van der Waals surface area contributed by atoms with Crippen LogP contribution in [0.2, 0.25) is 0 Å². The molecule has 0 aliphatic carbocycles. The molecule has 1 aliphatic heterocycles. The molecule has 3 heteroatoms. The lowest BCUT2D eigenvalue weighted by molar-refractivity contribution is -0.118. The van der Waals surface area contributed by atoms with Crippen LogP contribution in [-0.2, 0) is 17.6 Å². The van der Waals surface area contributed by atoms with Gasteiger partial charge in [-0.15, -0.1) is 0 Å². The van der Waals surface area contributed by atoms with Crippen LogP contribution in [0.1, 0.15) is 57.6 Å². The van der Waals surface area contributed by atoms with Crippen molar-refractivity contribution in [3.8, 4) is 0 Å². The van der Waals surface area contributed by atoms with Crippen LogP contribution in [0.25, 0.3) is 0 Å². The highest BCUT2D eigenvalue weighted by molar-refractivity contribution is 5.93. The Morgan fingerprint density at radius 3 is 2.45 bits per heavy atom. The number of rotatable bonds is 6. The molecule has 1 heterocycles. The van der Waals surface area contributed by atoms with Gasteiger partial charge in [0.1, 0.15) is 0 Å². The fraction of sp³-hybridized carbons (Fsp3) is 0.632. The molecule has 1 fully saturated rings. The number of nitrogens with zero attached hydrogens (tertiary/aromatic N) is 1. The summed E-state index contributed by atoms with van der Waals surface area (Å²) in [7, 11) is 0. The molecule has 0 aromatic heterocycles. The van der Waals surface area contributed by atoms with E-state index in [0.717, 1.165) is 31.5 Å². The van der Waals surface area contributed by atoms with Crippen molar-refractivity contribution in [2.75, 3.05) is 18.4 Å². The summed E-state index contributed by atoms with van der Waals surface area (Å²) in [6, 6.07) is 6.90. The third kappa shape index (κ3) is 4.10. The Bertz CT molecular complexity index is 476. The number of anilines is 1. The molecule has 1 N–H and O–H groups in total. The fourth-order valence-electron chi connectivity index (χ4n) is 3.50. The van der Waals surface area contributed by atoms with Gasteiger partial charge in [-0.3, -0.25) is 9.69 Å². The standard InChI is InChI=1S/C19H30N2O/c1-4-15-10-9-11-16(5-2)19(15)20-18(22)14-21-13-8-7-12-17(21)6-3/h9-11,17H,4-8,12-14H2,1-3H3,(H,20,22). The average Bonchev–Trinajstić information content (AvgIpc) is 2.55. The number of hydrogen-bond donors (Lipinski definition) is 1. The van der Waals surface area contributed by atoms with Crippen LogP contribution in [0.15, 0.2) is 18.2 Å². The third-order valence-corrected chi connectivity index (χ3v) is 4.83. The summed E-state index contributed by atoms with van der Waals surface area (Å²) < 4.78 is 0. The molecule has 2 rings (SSSR count). The predicted molar refractivity (Wildman–Crippen MR) is 93.3 cm³/mol. The van der Waals surface area contributed by atoms with E-state index in [9.17, 15) is 4.79 Å². The number of likely N-dealkylation sites (tertiary alicyclic amines) is 1. The van der Waals surface area contributed by atoms with E-state index in [2.05, 4.69) is 49.2 Å². The minimum absolute atomic E-state index is 0.135. The van der Waals surface area contributed by atoms with E-state index in [-0.39, 0.29) is 5.91 Å². The van der Waals surface area contributed by atoms with Gasteiger partial charge in [0.15, 0.2) is 0 Å². The highest BCUT2D eigenvalue weighted by Crippen LogP contribution is 2.23. The van der Waals surface area contributed by atoms with E-state index >= 15 is 0 Å². The Morgan fingerprint density at radius 2 is 1.86 bits per heavy atom. The molecular weight excluding hydrogens is 272 g/mol. The predicted octanol–water partition coefficient (Wildman–Crippen LogP) is 4.01. The maximum atomic E-state index is 12.5. The summed E-state index contributed by atoms with van der Waals surface area (Å²) >= 11 is 0. The monoisotopic (exact) mass is 302 g/mol.